The highest BCUT2D eigenvalue weighted by atomic mass is 32.2. The molecule has 2 fully saturated rings. The number of likely N-dealkylation sites (tertiary alicyclic amines) is 1. The number of sulfonamides is 1. The van der Waals surface area contributed by atoms with Gasteiger partial charge < -0.3 is 19.1 Å². The first-order chi connectivity index (χ1) is 15.9. The SMILES string of the molecule is COc1ccc(S(=O)(=O)N2C[C@@H](C(=O)N3CCCC3)[C@H](c3cc(OC)ccc3OC)C2)cc1. The molecule has 2 aliphatic heterocycles. The molecule has 0 N–H and O–H groups in total. The average Bonchev–Trinajstić information content (AvgIpc) is 3.54. The maximum Gasteiger partial charge on any atom is 0.243 e. The largest absolute Gasteiger partial charge is 0.497 e. The van der Waals surface area contributed by atoms with Gasteiger partial charge in [0.05, 0.1) is 32.1 Å². The summed E-state index contributed by atoms with van der Waals surface area (Å²) in [6.45, 7) is 1.72. The van der Waals surface area contributed by atoms with Crippen LogP contribution < -0.4 is 14.2 Å². The second kappa shape index (κ2) is 9.61. The van der Waals surface area contributed by atoms with Crippen molar-refractivity contribution in [3.8, 4) is 17.2 Å². The molecule has 0 unspecified atom stereocenters. The summed E-state index contributed by atoms with van der Waals surface area (Å²) in [5.41, 5.74) is 0.779. The molecule has 2 atom stereocenters. The van der Waals surface area contributed by atoms with Gasteiger partial charge in [0.1, 0.15) is 17.2 Å². The lowest BCUT2D eigenvalue weighted by Crippen LogP contribution is -2.37. The van der Waals surface area contributed by atoms with Crippen molar-refractivity contribution >= 4 is 15.9 Å². The molecule has 0 aliphatic carbocycles. The third-order valence-corrected chi connectivity index (χ3v) is 8.40. The summed E-state index contributed by atoms with van der Waals surface area (Å²) in [4.78, 5) is 15.5. The zero-order valence-corrected chi connectivity index (χ0v) is 20.0. The van der Waals surface area contributed by atoms with Crippen molar-refractivity contribution in [3.05, 3.63) is 48.0 Å². The molecular weight excluding hydrogens is 444 g/mol. The predicted octanol–water partition coefficient (Wildman–Crippen LogP) is 2.74. The Balaban J connectivity index is 1.71. The Morgan fingerprint density at radius 2 is 1.52 bits per heavy atom. The first-order valence-electron chi connectivity index (χ1n) is 11.0. The summed E-state index contributed by atoms with van der Waals surface area (Å²) in [5.74, 6) is 0.970. The van der Waals surface area contributed by atoms with Crippen molar-refractivity contribution in [1.82, 2.24) is 9.21 Å². The summed E-state index contributed by atoms with van der Waals surface area (Å²) < 4.78 is 44.5. The van der Waals surface area contributed by atoms with Crippen LogP contribution in [0.5, 0.6) is 17.2 Å². The fourth-order valence-electron chi connectivity index (χ4n) is 4.73. The fraction of sp³-hybridized carbons (Fsp3) is 0.458. The van der Waals surface area contributed by atoms with Crippen molar-refractivity contribution in [2.75, 3.05) is 47.5 Å². The molecule has 2 aromatic rings. The second-order valence-electron chi connectivity index (χ2n) is 8.35. The van der Waals surface area contributed by atoms with Crippen LogP contribution in [0.25, 0.3) is 0 Å². The molecule has 33 heavy (non-hydrogen) atoms. The second-order valence-corrected chi connectivity index (χ2v) is 10.3. The Bertz CT molecular complexity index is 1100. The Morgan fingerprint density at radius 1 is 0.879 bits per heavy atom. The normalized spacial score (nSPS) is 21.2. The quantitative estimate of drug-likeness (QED) is 0.614. The third-order valence-electron chi connectivity index (χ3n) is 6.55. The molecule has 0 bridgehead atoms. The third kappa shape index (κ3) is 4.52. The highest BCUT2D eigenvalue weighted by molar-refractivity contribution is 7.89. The van der Waals surface area contributed by atoms with E-state index in [1.807, 2.05) is 11.0 Å². The zero-order valence-electron chi connectivity index (χ0n) is 19.2. The lowest BCUT2D eigenvalue weighted by Gasteiger charge is -2.25. The van der Waals surface area contributed by atoms with Gasteiger partial charge in [0.25, 0.3) is 0 Å². The number of rotatable bonds is 7. The summed E-state index contributed by atoms with van der Waals surface area (Å²) in [6.07, 6.45) is 1.94. The van der Waals surface area contributed by atoms with Crippen LogP contribution in [-0.2, 0) is 14.8 Å². The number of hydrogen-bond donors (Lipinski definition) is 0. The molecule has 2 aliphatic rings. The van der Waals surface area contributed by atoms with Crippen LogP contribution in [-0.4, -0.2) is 71.0 Å². The van der Waals surface area contributed by atoms with E-state index >= 15 is 0 Å². The van der Waals surface area contributed by atoms with Gasteiger partial charge in [-0.1, -0.05) is 0 Å². The summed E-state index contributed by atoms with van der Waals surface area (Å²) in [6, 6.07) is 11.7. The molecule has 4 rings (SSSR count). The van der Waals surface area contributed by atoms with Gasteiger partial charge in [-0.3, -0.25) is 4.79 Å². The van der Waals surface area contributed by atoms with Gasteiger partial charge in [0.15, 0.2) is 0 Å². The summed E-state index contributed by atoms with van der Waals surface area (Å²) in [7, 11) is 0.887. The standard InChI is InChI=1S/C24H30N2O6S/c1-30-17-6-9-19(10-7-17)33(28,29)26-15-21(20-14-18(31-2)8-11-23(20)32-3)22(16-26)24(27)25-12-4-5-13-25/h6-11,14,21-22H,4-5,12-13,15-16H2,1-3H3/t21-,22+/m0/s1. The number of amides is 1. The molecule has 0 radical (unpaired) electrons. The molecule has 2 heterocycles. The van der Waals surface area contributed by atoms with Crippen molar-refractivity contribution in [1.29, 1.82) is 0 Å². The van der Waals surface area contributed by atoms with E-state index in [1.165, 1.54) is 23.5 Å². The number of carbonyl (C=O) groups excluding carboxylic acids is 1. The molecule has 0 spiro atoms. The lowest BCUT2D eigenvalue weighted by molar-refractivity contribution is -0.134. The van der Waals surface area contributed by atoms with Gasteiger partial charge >= 0.3 is 0 Å². The van der Waals surface area contributed by atoms with Crippen molar-refractivity contribution < 1.29 is 27.4 Å². The molecule has 2 saturated heterocycles. The highest BCUT2D eigenvalue weighted by Crippen LogP contribution is 2.42. The van der Waals surface area contributed by atoms with E-state index in [-0.39, 0.29) is 29.8 Å². The molecule has 9 heteroatoms. The highest BCUT2D eigenvalue weighted by Gasteiger charge is 2.46. The van der Waals surface area contributed by atoms with Crippen LogP contribution in [0.15, 0.2) is 47.4 Å². The van der Waals surface area contributed by atoms with Crippen LogP contribution in [0, 0.1) is 5.92 Å². The van der Waals surface area contributed by atoms with Crippen LogP contribution >= 0.6 is 0 Å². The van der Waals surface area contributed by atoms with Crippen LogP contribution in [0.4, 0.5) is 0 Å². The molecule has 0 aromatic heterocycles. The molecular formula is C24H30N2O6S. The van der Waals surface area contributed by atoms with Gasteiger partial charge in [0.2, 0.25) is 15.9 Å². The first kappa shape index (κ1) is 23.4. The predicted molar refractivity (Wildman–Crippen MR) is 123 cm³/mol. The minimum Gasteiger partial charge on any atom is -0.497 e. The van der Waals surface area contributed by atoms with Gasteiger partial charge in [-0.25, -0.2) is 8.42 Å². The van der Waals surface area contributed by atoms with E-state index < -0.39 is 15.9 Å². The summed E-state index contributed by atoms with van der Waals surface area (Å²) >= 11 is 0. The molecule has 2 aromatic carbocycles. The van der Waals surface area contributed by atoms with Crippen LogP contribution in [0.1, 0.15) is 24.3 Å². The minimum absolute atomic E-state index is 0.00481. The van der Waals surface area contributed by atoms with Crippen molar-refractivity contribution in [3.63, 3.8) is 0 Å². The smallest absolute Gasteiger partial charge is 0.243 e. The Labute approximate surface area is 195 Å². The van der Waals surface area contributed by atoms with Gasteiger partial charge in [0, 0.05) is 37.7 Å². The van der Waals surface area contributed by atoms with E-state index in [9.17, 15) is 13.2 Å². The fourth-order valence-corrected chi connectivity index (χ4v) is 6.22. The Morgan fingerprint density at radius 3 is 2.12 bits per heavy atom. The van der Waals surface area contributed by atoms with Crippen LogP contribution in [0.3, 0.4) is 0 Å². The van der Waals surface area contributed by atoms with Crippen molar-refractivity contribution in [2.24, 2.45) is 5.92 Å². The lowest BCUT2D eigenvalue weighted by atomic mass is 9.87. The average molecular weight is 475 g/mol. The van der Waals surface area contributed by atoms with E-state index in [1.54, 1.807) is 38.5 Å². The number of hydrogen-bond acceptors (Lipinski definition) is 6. The molecule has 1 amide bonds. The molecule has 8 nitrogen and oxygen atoms in total. The summed E-state index contributed by atoms with van der Waals surface area (Å²) in [5, 5.41) is 0. The number of methoxy groups -OCH3 is 3. The van der Waals surface area contributed by atoms with E-state index in [2.05, 4.69) is 0 Å². The van der Waals surface area contributed by atoms with Gasteiger partial charge in [-0.05, 0) is 55.3 Å². The number of nitrogens with zero attached hydrogens (tertiary/aromatic N) is 2. The van der Waals surface area contributed by atoms with Crippen molar-refractivity contribution in [2.45, 2.75) is 23.7 Å². The van der Waals surface area contributed by atoms with Gasteiger partial charge in [-0.15, -0.1) is 0 Å². The number of carbonyl (C=O) groups is 1. The van der Waals surface area contributed by atoms with Crippen LogP contribution in [0.2, 0.25) is 0 Å². The number of benzene rings is 2. The number of ether oxygens (including phenoxy) is 3. The minimum atomic E-state index is -3.79. The van der Waals surface area contributed by atoms with E-state index in [0.717, 1.165) is 18.4 Å². The topological polar surface area (TPSA) is 85.4 Å². The Kier molecular flexibility index (Phi) is 6.81. The van der Waals surface area contributed by atoms with E-state index in [4.69, 9.17) is 14.2 Å². The molecule has 0 saturated carbocycles. The van der Waals surface area contributed by atoms with E-state index in [0.29, 0.717) is 30.3 Å². The Hall–Kier alpha value is -2.78. The van der Waals surface area contributed by atoms with Gasteiger partial charge in [-0.2, -0.15) is 4.31 Å². The maximum absolute atomic E-state index is 13.5. The monoisotopic (exact) mass is 474 g/mol. The maximum atomic E-state index is 13.5. The first-order valence-corrected chi connectivity index (χ1v) is 12.5. The molecule has 178 valence electrons. The zero-order chi connectivity index (χ0) is 23.6.